The topological polar surface area (TPSA) is 82.8 Å². The Morgan fingerprint density at radius 2 is 2.10 bits per heavy atom. The molecule has 0 saturated carbocycles. The molecule has 0 heterocycles. The van der Waals surface area contributed by atoms with Gasteiger partial charge in [0.15, 0.2) is 18.1 Å². The number of rotatable bonds is 9. The highest BCUT2D eigenvalue weighted by atomic mass is 16.5. The molecule has 6 heteroatoms. The first-order valence-corrected chi connectivity index (χ1v) is 6.87. The summed E-state index contributed by atoms with van der Waals surface area (Å²) in [5.74, 6) is 0.928. The molecule has 1 rings (SSSR count). The molecule has 3 N–H and O–H groups in total. The predicted molar refractivity (Wildman–Crippen MR) is 80.7 cm³/mol. The summed E-state index contributed by atoms with van der Waals surface area (Å²) in [7, 11) is 3.14. The van der Waals surface area contributed by atoms with Gasteiger partial charge in [-0.3, -0.25) is 4.79 Å². The fourth-order valence-corrected chi connectivity index (χ4v) is 1.82. The van der Waals surface area contributed by atoms with Gasteiger partial charge in [-0.05, 0) is 31.0 Å². The van der Waals surface area contributed by atoms with Crippen LogP contribution in [0, 0.1) is 0 Å². The van der Waals surface area contributed by atoms with Gasteiger partial charge in [0.1, 0.15) is 0 Å². The number of ether oxygens (including phenoxy) is 3. The Morgan fingerprint density at radius 3 is 2.71 bits per heavy atom. The first-order valence-electron chi connectivity index (χ1n) is 6.87. The lowest BCUT2D eigenvalue weighted by molar-refractivity contribution is -0.123. The number of carbonyl (C=O) groups is 1. The van der Waals surface area contributed by atoms with Gasteiger partial charge >= 0.3 is 0 Å². The zero-order valence-corrected chi connectivity index (χ0v) is 12.8. The van der Waals surface area contributed by atoms with Crippen molar-refractivity contribution in [2.45, 2.75) is 19.4 Å². The highest BCUT2D eigenvalue weighted by molar-refractivity contribution is 5.77. The van der Waals surface area contributed by atoms with E-state index >= 15 is 0 Å². The molecule has 6 nitrogen and oxygen atoms in total. The van der Waals surface area contributed by atoms with Gasteiger partial charge < -0.3 is 25.3 Å². The summed E-state index contributed by atoms with van der Waals surface area (Å²) in [5.41, 5.74) is 6.83. The number of benzene rings is 1. The van der Waals surface area contributed by atoms with E-state index in [2.05, 4.69) is 5.32 Å². The summed E-state index contributed by atoms with van der Waals surface area (Å²) >= 11 is 0. The maximum Gasteiger partial charge on any atom is 0.258 e. The Bertz CT molecular complexity index is 449. The number of hydrogen-bond donors (Lipinski definition) is 2. The monoisotopic (exact) mass is 296 g/mol. The van der Waals surface area contributed by atoms with Crippen molar-refractivity contribution in [1.29, 1.82) is 0 Å². The molecule has 1 aromatic rings. The van der Waals surface area contributed by atoms with Crippen LogP contribution in [0.5, 0.6) is 11.5 Å². The quantitative estimate of drug-likeness (QED) is 0.656. The Balaban J connectivity index is 2.61. The van der Waals surface area contributed by atoms with E-state index in [1.54, 1.807) is 14.2 Å². The molecule has 0 aliphatic rings. The standard InChI is InChI=1S/C15H24N2O4/c1-11(16)8-12-4-5-13(20-3)14(9-12)21-10-15(18)17-6-7-19-2/h4-5,9,11H,6-8,10,16H2,1-3H3,(H,17,18). The van der Waals surface area contributed by atoms with Crippen LogP contribution < -0.4 is 20.5 Å². The van der Waals surface area contributed by atoms with Gasteiger partial charge in [-0.2, -0.15) is 0 Å². The van der Waals surface area contributed by atoms with Crippen molar-refractivity contribution in [2.24, 2.45) is 5.73 Å². The number of nitrogens with one attached hydrogen (secondary N) is 1. The van der Waals surface area contributed by atoms with Crippen LogP contribution in [-0.2, 0) is 16.0 Å². The van der Waals surface area contributed by atoms with E-state index < -0.39 is 0 Å². The van der Waals surface area contributed by atoms with Gasteiger partial charge in [0.25, 0.3) is 5.91 Å². The molecule has 0 fully saturated rings. The first-order chi connectivity index (χ1) is 10.1. The van der Waals surface area contributed by atoms with Crippen LogP contribution in [0.1, 0.15) is 12.5 Å². The molecule has 0 saturated heterocycles. The van der Waals surface area contributed by atoms with Crippen molar-refractivity contribution in [2.75, 3.05) is 34.0 Å². The summed E-state index contributed by atoms with van der Waals surface area (Å²) in [4.78, 5) is 11.6. The van der Waals surface area contributed by atoms with E-state index in [4.69, 9.17) is 19.9 Å². The third kappa shape index (κ3) is 6.46. The lowest BCUT2D eigenvalue weighted by Crippen LogP contribution is -2.31. The Hall–Kier alpha value is -1.79. The fourth-order valence-electron chi connectivity index (χ4n) is 1.82. The summed E-state index contributed by atoms with van der Waals surface area (Å²) in [6.45, 7) is 2.80. The second-order valence-corrected chi connectivity index (χ2v) is 4.80. The molecule has 0 aliphatic carbocycles. The summed E-state index contributed by atoms with van der Waals surface area (Å²) in [6, 6.07) is 5.66. The molecule has 1 atom stereocenters. The maximum atomic E-state index is 11.6. The highest BCUT2D eigenvalue weighted by Crippen LogP contribution is 2.28. The fraction of sp³-hybridized carbons (Fsp3) is 0.533. The minimum absolute atomic E-state index is 0.0589. The smallest absolute Gasteiger partial charge is 0.258 e. The van der Waals surface area contributed by atoms with Crippen molar-refractivity contribution in [3.05, 3.63) is 23.8 Å². The van der Waals surface area contributed by atoms with E-state index in [-0.39, 0.29) is 18.6 Å². The molecule has 1 unspecified atom stereocenters. The number of methoxy groups -OCH3 is 2. The predicted octanol–water partition coefficient (Wildman–Crippen LogP) is 0.726. The summed E-state index contributed by atoms with van der Waals surface area (Å²) < 4.78 is 15.6. The van der Waals surface area contributed by atoms with Gasteiger partial charge in [-0.1, -0.05) is 6.07 Å². The average Bonchev–Trinajstić information content (AvgIpc) is 2.45. The Kier molecular flexibility index (Phi) is 7.56. The lowest BCUT2D eigenvalue weighted by atomic mass is 10.1. The highest BCUT2D eigenvalue weighted by Gasteiger charge is 2.09. The normalized spacial score (nSPS) is 11.8. The molecule has 1 aromatic carbocycles. The van der Waals surface area contributed by atoms with Crippen LogP contribution in [0.4, 0.5) is 0 Å². The van der Waals surface area contributed by atoms with E-state index in [1.165, 1.54) is 0 Å². The molecule has 118 valence electrons. The molecule has 21 heavy (non-hydrogen) atoms. The van der Waals surface area contributed by atoms with Crippen molar-refractivity contribution in [3.8, 4) is 11.5 Å². The van der Waals surface area contributed by atoms with E-state index in [1.807, 2.05) is 25.1 Å². The van der Waals surface area contributed by atoms with Crippen LogP contribution in [0.3, 0.4) is 0 Å². The second-order valence-electron chi connectivity index (χ2n) is 4.80. The lowest BCUT2D eigenvalue weighted by Gasteiger charge is -2.13. The molecule has 0 radical (unpaired) electrons. The summed E-state index contributed by atoms with van der Waals surface area (Å²) in [5, 5.41) is 2.69. The minimum atomic E-state index is -0.202. The molecule has 0 spiro atoms. The maximum absolute atomic E-state index is 11.6. The van der Waals surface area contributed by atoms with E-state index in [0.29, 0.717) is 24.7 Å². The molecule has 0 aromatic heterocycles. The number of nitrogens with two attached hydrogens (primary N) is 1. The SMILES string of the molecule is COCCNC(=O)COc1cc(CC(C)N)ccc1OC. The van der Waals surface area contributed by atoms with Crippen LogP contribution in [-0.4, -0.2) is 45.9 Å². The third-order valence-corrected chi connectivity index (χ3v) is 2.77. The molecular weight excluding hydrogens is 272 g/mol. The summed E-state index contributed by atoms with van der Waals surface area (Å²) in [6.07, 6.45) is 0.736. The largest absolute Gasteiger partial charge is 0.493 e. The van der Waals surface area contributed by atoms with Gasteiger partial charge in [0.2, 0.25) is 0 Å². The van der Waals surface area contributed by atoms with Gasteiger partial charge in [-0.25, -0.2) is 0 Å². The number of amides is 1. The second kappa shape index (κ2) is 9.20. The molecular formula is C15H24N2O4. The zero-order valence-electron chi connectivity index (χ0n) is 12.8. The molecule has 1 amide bonds. The molecule has 0 bridgehead atoms. The van der Waals surface area contributed by atoms with Crippen molar-refractivity contribution in [3.63, 3.8) is 0 Å². The van der Waals surface area contributed by atoms with E-state index in [9.17, 15) is 4.79 Å². The minimum Gasteiger partial charge on any atom is -0.493 e. The van der Waals surface area contributed by atoms with Gasteiger partial charge in [-0.15, -0.1) is 0 Å². The van der Waals surface area contributed by atoms with Crippen LogP contribution in [0.25, 0.3) is 0 Å². The first kappa shape index (κ1) is 17.3. The number of hydrogen-bond acceptors (Lipinski definition) is 5. The van der Waals surface area contributed by atoms with Crippen molar-refractivity contribution >= 4 is 5.91 Å². The average molecular weight is 296 g/mol. The third-order valence-electron chi connectivity index (χ3n) is 2.77. The van der Waals surface area contributed by atoms with Crippen LogP contribution >= 0.6 is 0 Å². The Morgan fingerprint density at radius 1 is 1.33 bits per heavy atom. The van der Waals surface area contributed by atoms with Crippen molar-refractivity contribution < 1.29 is 19.0 Å². The van der Waals surface area contributed by atoms with Crippen molar-refractivity contribution in [1.82, 2.24) is 5.32 Å². The number of carbonyl (C=O) groups excluding carboxylic acids is 1. The van der Waals surface area contributed by atoms with Crippen LogP contribution in [0.2, 0.25) is 0 Å². The Labute approximate surface area is 125 Å². The molecule has 0 aliphatic heterocycles. The van der Waals surface area contributed by atoms with Gasteiger partial charge in [0.05, 0.1) is 13.7 Å². The zero-order chi connectivity index (χ0) is 15.7. The van der Waals surface area contributed by atoms with Gasteiger partial charge in [0, 0.05) is 19.7 Å². The van der Waals surface area contributed by atoms with E-state index in [0.717, 1.165) is 12.0 Å². The van der Waals surface area contributed by atoms with Crippen LogP contribution in [0.15, 0.2) is 18.2 Å².